The van der Waals surface area contributed by atoms with Gasteiger partial charge in [0.15, 0.2) is 0 Å². The molecular formula is C23H25ClFN3O2. The van der Waals surface area contributed by atoms with Crippen molar-refractivity contribution in [2.24, 2.45) is 0 Å². The van der Waals surface area contributed by atoms with Crippen molar-refractivity contribution in [3.63, 3.8) is 0 Å². The third-order valence-corrected chi connectivity index (χ3v) is 5.28. The van der Waals surface area contributed by atoms with Gasteiger partial charge in [-0.05, 0) is 48.4 Å². The molecule has 2 aromatic rings. The highest BCUT2D eigenvalue weighted by atomic mass is 35.5. The molecule has 0 bridgehead atoms. The van der Waals surface area contributed by atoms with Gasteiger partial charge in [-0.2, -0.15) is 0 Å². The van der Waals surface area contributed by atoms with Gasteiger partial charge < -0.3 is 10.2 Å². The number of hydrogen-bond donors (Lipinski definition) is 1. The Morgan fingerprint density at radius 2 is 1.93 bits per heavy atom. The van der Waals surface area contributed by atoms with Crippen LogP contribution in [-0.2, 0) is 16.1 Å². The van der Waals surface area contributed by atoms with Crippen molar-refractivity contribution in [2.45, 2.75) is 26.4 Å². The highest BCUT2D eigenvalue weighted by Crippen LogP contribution is 2.23. The number of hydrogen-bond acceptors (Lipinski definition) is 3. The predicted octanol–water partition coefficient (Wildman–Crippen LogP) is 4.18. The number of halogens is 2. The average Bonchev–Trinajstić information content (AvgIpc) is 2.68. The molecule has 0 aliphatic carbocycles. The summed E-state index contributed by atoms with van der Waals surface area (Å²) in [5.74, 6) is -0.520. The normalized spacial score (nSPS) is 17.3. The Morgan fingerprint density at radius 1 is 1.20 bits per heavy atom. The van der Waals surface area contributed by atoms with Gasteiger partial charge in [0.2, 0.25) is 11.8 Å². The van der Waals surface area contributed by atoms with Crippen LogP contribution in [0, 0.1) is 5.82 Å². The largest absolute Gasteiger partial charge is 0.334 e. The monoisotopic (exact) mass is 429 g/mol. The molecule has 30 heavy (non-hydrogen) atoms. The molecule has 1 saturated heterocycles. The van der Waals surface area contributed by atoms with E-state index in [-0.39, 0.29) is 23.7 Å². The number of amides is 2. The Kier molecular flexibility index (Phi) is 7.24. The molecule has 0 radical (unpaired) electrons. The molecule has 1 fully saturated rings. The molecule has 1 heterocycles. The quantitative estimate of drug-likeness (QED) is 0.725. The van der Waals surface area contributed by atoms with E-state index in [1.54, 1.807) is 36.4 Å². The molecule has 2 aromatic carbocycles. The summed E-state index contributed by atoms with van der Waals surface area (Å²) in [4.78, 5) is 28.3. The van der Waals surface area contributed by atoms with Crippen LogP contribution in [0.15, 0.2) is 48.5 Å². The van der Waals surface area contributed by atoms with E-state index in [9.17, 15) is 14.0 Å². The maximum absolute atomic E-state index is 13.1. The van der Waals surface area contributed by atoms with Gasteiger partial charge in [0, 0.05) is 55.9 Å². The zero-order valence-electron chi connectivity index (χ0n) is 17.1. The summed E-state index contributed by atoms with van der Waals surface area (Å²) in [5, 5.41) is 3.24. The van der Waals surface area contributed by atoms with E-state index in [0.717, 1.165) is 25.2 Å². The summed E-state index contributed by atoms with van der Waals surface area (Å²) in [6.45, 7) is 6.28. The van der Waals surface area contributed by atoms with Crippen LogP contribution in [0.25, 0.3) is 6.08 Å². The molecule has 1 aliphatic rings. The molecule has 0 saturated carbocycles. The van der Waals surface area contributed by atoms with Crippen LogP contribution in [0.1, 0.15) is 25.0 Å². The summed E-state index contributed by atoms with van der Waals surface area (Å²) >= 11 is 6.01. The number of anilines is 1. The third-order valence-electron chi connectivity index (χ3n) is 5.05. The Bertz CT molecular complexity index is 946. The van der Waals surface area contributed by atoms with Gasteiger partial charge in [-0.3, -0.25) is 14.5 Å². The Balaban J connectivity index is 1.61. The SMILES string of the molecule is CC(=O)Nc1cc(Cl)ccc1/C=C/C(=O)N1CCN(Cc2ccc(F)cc2)C[C@@H]1C. The van der Waals surface area contributed by atoms with E-state index >= 15 is 0 Å². The molecule has 1 aliphatic heterocycles. The fraction of sp³-hybridized carbons (Fsp3) is 0.304. The van der Waals surface area contributed by atoms with E-state index in [2.05, 4.69) is 10.2 Å². The lowest BCUT2D eigenvalue weighted by Crippen LogP contribution is -2.53. The summed E-state index contributed by atoms with van der Waals surface area (Å²) in [6, 6.07) is 11.7. The first kappa shape index (κ1) is 22.0. The van der Waals surface area contributed by atoms with Crippen LogP contribution in [0.4, 0.5) is 10.1 Å². The van der Waals surface area contributed by atoms with Gasteiger partial charge in [-0.15, -0.1) is 0 Å². The molecule has 0 unspecified atom stereocenters. The molecule has 0 aromatic heterocycles. The lowest BCUT2D eigenvalue weighted by atomic mass is 10.1. The fourth-order valence-corrected chi connectivity index (χ4v) is 3.75. The lowest BCUT2D eigenvalue weighted by molar-refractivity contribution is -0.130. The van der Waals surface area contributed by atoms with E-state index in [4.69, 9.17) is 11.6 Å². The first-order valence-electron chi connectivity index (χ1n) is 9.84. The van der Waals surface area contributed by atoms with Gasteiger partial charge >= 0.3 is 0 Å². The lowest BCUT2D eigenvalue weighted by Gasteiger charge is -2.39. The van der Waals surface area contributed by atoms with E-state index in [1.807, 2.05) is 11.8 Å². The van der Waals surface area contributed by atoms with Gasteiger partial charge in [-0.25, -0.2) is 4.39 Å². The molecule has 5 nitrogen and oxygen atoms in total. The molecule has 7 heteroatoms. The topological polar surface area (TPSA) is 52.7 Å². The van der Waals surface area contributed by atoms with Crippen LogP contribution < -0.4 is 5.32 Å². The van der Waals surface area contributed by atoms with Crippen molar-refractivity contribution in [3.05, 3.63) is 70.5 Å². The zero-order chi connectivity index (χ0) is 21.7. The van der Waals surface area contributed by atoms with Gasteiger partial charge in [0.1, 0.15) is 5.82 Å². The zero-order valence-corrected chi connectivity index (χ0v) is 17.8. The number of benzene rings is 2. The predicted molar refractivity (Wildman–Crippen MR) is 118 cm³/mol. The van der Waals surface area contributed by atoms with Crippen LogP contribution in [0.3, 0.4) is 0 Å². The first-order valence-corrected chi connectivity index (χ1v) is 10.2. The minimum absolute atomic E-state index is 0.0522. The molecule has 0 spiro atoms. The van der Waals surface area contributed by atoms with Gasteiger partial charge in [0.25, 0.3) is 0 Å². The first-order chi connectivity index (χ1) is 14.3. The second-order valence-electron chi connectivity index (χ2n) is 7.49. The van der Waals surface area contributed by atoms with Crippen molar-refractivity contribution in [1.82, 2.24) is 9.80 Å². The smallest absolute Gasteiger partial charge is 0.246 e. The second-order valence-corrected chi connectivity index (χ2v) is 7.92. The van der Waals surface area contributed by atoms with Crippen LogP contribution in [-0.4, -0.2) is 47.3 Å². The third kappa shape index (κ3) is 5.90. The highest BCUT2D eigenvalue weighted by molar-refractivity contribution is 6.31. The molecule has 2 amide bonds. The molecule has 3 rings (SSSR count). The number of piperazine rings is 1. The van der Waals surface area contributed by atoms with E-state index in [0.29, 0.717) is 22.8 Å². The average molecular weight is 430 g/mol. The standard InChI is InChI=1S/C23H25ClFN3O2/c1-16-14-27(15-18-3-8-21(25)9-4-18)11-12-28(16)23(30)10-6-19-5-7-20(24)13-22(19)26-17(2)29/h3-10,13,16H,11-12,14-15H2,1-2H3,(H,26,29)/b10-6+/t16-/m0/s1. The van der Waals surface area contributed by atoms with Crippen molar-refractivity contribution in [2.75, 3.05) is 25.0 Å². The Morgan fingerprint density at radius 3 is 2.60 bits per heavy atom. The number of nitrogens with one attached hydrogen (secondary N) is 1. The summed E-state index contributed by atoms with van der Waals surface area (Å²) in [5.41, 5.74) is 2.33. The number of carbonyl (C=O) groups is 2. The second kappa shape index (κ2) is 9.87. The summed E-state index contributed by atoms with van der Waals surface area (Å²) in [7, 11) is 0. The number of carbonyl (C=O) groups excluding carboxylic acids is 2. The van der Waals surface area contributed by atoms with Crippen molar-refractivity contribution < 1.29 is 14.0 Å². The minimum Gasteiger partial charge on any atom is -0.334 e. The highest BCUT2D eigenvalue weighted by Gasteiger charge is 2.26. The Labute approximate surface area is 181 Å². The fourth-order valence-electron chi connectivity index (χ4n) is 3.58. The number of nitrogens with zero attached hydrogens (tertiary/aromatic N) is 2. The van der Waals surface area contributed by atoms with Gasteiger partial charge in [-0.1, -0.05) is 29.8 Å². The molecule has 1 atom stereocenters. The van der Waals surface area contributed by atoms with Crippen molar-refractivity contribution in [3.8, 4) is 0 Å². The Hall–Kier alpha value is -2.70. The van der Waals surface area contributed by atoms with Crippen LogP contribution in [0.5, 0.6) is 0 Å². The molecular weight excluding hydrogens is 405 g/mol. The van der Waals surface area contributed by atoms with E-state index in [1.165, 1.54) is 25.1 Å². The maximum atomic E-state index is 13.1. The summed E-state index contributed by atoms with van der Waals surface area (Å²) < 4.78 is 13.1. The number of rotatable bonds is 5. The van der Waals surface area contributed by atoms with E-state index < -0.39 is 0 Å². The van der Waals surface area contributed by atoms with Crippen molar-refractivity contribution in [1.29, 1.82) is 0 Å². The molecule has 1 N–H and O–H groups in total. The maximum Gasteiger partial charge on any atom is 0.246 e. The summed E-state index contributed by atoms with van der Waals surface area (Å²) in [6.07, 6.45) is 3.22. The van der Waals surface area contributed by atoms with Gasteiger partial charge in [0.05, 0.1) is 0 Å². The molecule has 158 valence electrons. The van der Waals surface area contributed by atoms with Crippen molar-refractivity contribution >= 4 is 35.2 Å². The minimum atomic E-state index is -0.239. The van der Waals surface area contributed by atoms with Crippen LogP contribution in [0.2, 0.25) is 5.02 Å². The van der Waals surface area contributed by atoms with Crippen LogP contribution >= 0.6 is 11.6 Å².